The fraction of sp³-hybridized carbons (Fsp3) is 0.929. The number of hydrogen-bond acceptors (Lipinski definition) is 3. The Labute approximate surface area is 141 Å². The molecule has 2 N–H and O–H groups in total. The molecule has 6 heteroatoms. The molecule has 122 valence electrons. The van der Waals surface area contributed by atoms with E-state index >= 15 is 0 Å². The maximum Gasteiger partial charge on any atom is 0.191 e. The summed E-state index contributed by atoms with van der Waals surface area (Å²) < 4.78 is 5.02. The van der Waals surface area contributed by atoms with E-state index in [1.807, 2.05) is 0 Å². The van der Waals surface area contributed by atoms with Gasteiger partial charge in [-0.05, 0) is 33.4 Å². The second-order valence-corrected chi connectivity index (χ2v) is 4.69. The third-order valence-electron chi connectivity index (χ3n) is 2.80. The van der Waals surface area contributed by atoms with Crippen LogP contribution < -0.4 is 10.6 Å². The minimum absolute atomic E-state index is 0. The van der Waals surface area contributed by atoms with Crippen molar-refractivity contribution >= 4 is 29.9 Å². The van der Waals surface area contributed by atoms with Crippen molar-refractivity contribution in [2.45, 2.75) is 33.1 Å². The van der Waals surface area contributed by atoms with Gasteiger partial charge in [-0.1, -0.05) is 13.3 Å². The lowest BCUT2D eigenvalue weighted by molar-refractivity contribution is 0.197. The summed E-state index contributed by atoms with van der Waals surface area (Å²) in [6, 6.07) is 0. The molecule has 0 heterocycles. The number of aliphatic imine (C=N–C) groups is 1. The molecule has 0 aliphatic heterocycles. The largest absolute Gasteiger partial charge is 0.385 e. The fourth-order valence-corrected chi connectivity index (χ4v) is 1.65. The highest BCUT2D eigenvalue weighted by atomic mass is 127. The van der Waals surface area contributed by atoms with Gasteiger partial charge in [-0.15, -0.1) is 24.0 Å². The Kier molecular flexibility index (Phi) is 18.8. The number of ether oxygens (including phenoxy) is 1. The normalized spacial score (nSPS) is 11.3. The molecule has 20 heavy (non-hydrogen) atoms. The molecule has 0 fully saturated rings. The van der Waals surface area contributed by atoms with Crippen LogP contribution in [0.5, 0.6) is 0 Å². The number of hydrogen-bond donors (Lipinski definition) is 2. The highest BCUT2D eigenvalue weighted by Gasteiger charge is 1.99. The molecule has 0 saturated carbocycles. The quantitative estimate of drug-likeness (QED) is 0.241. The first-order chi connectivity index (χ1) is 9.24. The van der Waals surface area contributed by atoms with E-state index in [9.17, 15) is 0 Å². The van der Waals surface area contributed by atoms with E-state index in [-0.39, 0.29) is 24.0 Å². The second kappa shape index (κ2) is 17.0. The first-order valence-electron chi connectivity index (χ1n) is 7.44. The van der Waals surface area contributed by atoms with Crippen molar-refractivity contribution < 1.29 is 4.74 Å². The smallest absolute Gasteiger partial charge is 0.191 e. The molecular weight excluding hydrogens is 367 g/mol. The van der Waals surface area contributed by atoms with Crippen LogP contribution in [0, 0.1) is 0 Å². The van der Waals surface area contributed by atoms with Gasteiger partial charge in [-0.2, -0.15) is 0 Å². The van der Waals surface area contributed by atoms with Crippen LogP contribution in [0.2, 0.25) is 0 Å². The van der Waals surface area contributed by atoms with E-state index in [1.54, 1.807) is 7.11 Å². The molecule has 5 nitrogen and oxygen atoms in total. The Morgan fingerprint density at radius 1 is 1.15 bits per heavy atom. The number of guanidine groups is 1. The molecule has 0 bridgehead atoms. The van der Waals surface area contributed by atoms with Crippen molar-refractivity contribution in [2.75, 3.05) is 53.5 Å². The average molecular weight is 400 g/mol. The number of rotatable bonds is 11. The summed E-state index contributed by atoms with van der Waals surface area (Å²) in [7, 11) is 3.89. The molecule has 0 aromatic rings. The van der Waals surface area contributed by atoms with Crippen molar-refractivity contribution in [3.05, 3.63) is 0 Å². The number of unbranched alkanes of at least 4 members (excludes halogenated alkanes) is 1. The molecule has 0 aromatic heterocycles. The minimum Gasteiger partial charge on any atom is -0.385 e. The molecule has 0 radical (unpaired) electrons. The Morgan fingerprint density at radius 3 is 2.50 bits per heavy atom. The SMILES string of the molecule is CCCCN(C)CCNC(=NCCCOC)NCC.I. The van der Waals surface area contributed by atoms with Gasteiger partial charge in [0.2, 0.25) is 0 Å². The summed E-state index contributed by atoms with van der Waals surface area (Å²) in [6.45, 7) is 9.90. The summed E-state index contributed by atoms with van der Waals surface area (Å²) in [5.41, 5.74) is 0. The van der Waals surface area contributed by atoms with Crippen molar-refractivity contribution in [1.82, 2.24) is 15.5 Å². The predicted molar refractivity (Wildman–Crippen MR) is 98.3 cm³/mol. The van der Waals surface area contributed by atoms with Crippen LogP contribution in [0.15, 0.2) is 4.99 Å². The monoisotopic (exact) mass is 400 g/mol. The summed E-state index contributed by atoms with van der Waals surface area (Å²) in [5.74, 6) is 0.905. The highest BCUT2D eigenvalue weighted by molar-refractivity contribution is 14.0. The fourth-order valence-electron chi connectivity index (χ4n) is 1.65. The van der Waals surface area contributed by atoms with Crippen LogP contribution in [0.1, 0.15) is 33.1 Å². The van der Waals surface area contributed by atoms with Gasteiger partial charge in [-0.3, -0.25) is 4.99 Å². The molecule has 0 unspecified atom stereocenters. The number of methoxy groups -OCH3 is 1. The average Bonchev–Trinajstić information content (AvgIpc) is 2.41. The molecule has 0 atom stereocenters. The van der Waals surface area contributed by atoms with Gasteiger partial charge in [0.15, 0.2) is 5.96 Å². The van der Waals surface area contributed by atoms with Crippen molar-refractivity contribution in [2.24, 2.45) is 4.99 Å². The van der Waals surface area contributed by atoms with Crippen molar-refractivity contribution in [3.63, 3.8) is 0 Å². The summed E-state index contributed by atoms with van der Waals surface area (Å²) >= 11 is 0. The van der Waals surface area contributed by atoms with E-state index < -0.39 is 0 Å². The van der Waals surface area contributed by atoms with Crippen LogP contribution in [0.3, 0.4) is 0 Å². The first kappa shape index (κ1) is 22.2. The van der Waals surface area contributed by atoms with Crippen LogP contribution in [0.25, 0.3) is 0 Å². The van der Waals surface area contributed by atoms with Crippen LogP contribution in [0.4, 0.5) is 0 Å². The Morgan fingerprint density at radius 2 is 1.90 bits per heavy atom. The first-order valence-corrected chi connectivity index (χ1v) is 7.44. The van der Waals surface area contributed by atoms with Gasteiger partial charge < -0.3 is 20.3 Å². The topological polar surface area (TPSA) is 48.9 Å². The summed E-state index contributed by atoms with van der Waals surface area (Å²) in [4.78, 5) is 6.86. The standard InChI is InChI=1S/C14H32N4O.HI/c1-5-7-11-18(3)12-10-17-14(15-6-2)16-9-8-13-19-4;/h5-13H2,1-4H3,(H2,15,16,17);1H. The van der Waals surface area contributed by atoms with E-state index in [4.69, 9.17) is 4.74 Å². The molecule has 0 aliphatic carbocycles. The molecule has 0 aromatic carbocycles. The van der Waals surface area contributed by atoms with Gasteiger partial charge >= 0.3 is 0 Å². The summed E-state index contributed by atoms with van der Waals surface area (Å²) in [6.07, 6.45) is 3.48. The number of halogens is 1. The van der Waals surface area contributed by atoms with Gasteiger partial charge in [0.1, 0.15) is 0 Å². The molecule has 0 saturated heterocycles. The van der Waals surface area contributed by atoms with E-state index in [0.717, 1.165) is 45.2 Å². The van der Waals surface area contributed by atoms with Gasteiger partial charge in [0.05, 0.1) is 0 Å². The minimum atomic E-state index is 0. The molecule has 0 rings (SSSR count). The van der Waals surface area contributed by atoms with Crippen LogP contribution >= 0.6 is 24.0 Å². The highest BCUT2D eigenvalue weighted by Crippen LogP contribution is 1.90. The summed E-state index contributed by atoms with van der Waals surface area (Å²) in [5, 5.41) is 6.62. The van der Waals surface area contributed by atoms with Gasteiger partial charge in [-0.25, -0.2) is 0 Å². The van der Waals surface area contributed by atoms with Crippen LogP contribution in [-0.4, -0.2) is 64.3 Å². The lowest BCUT2D eigenvalue weighted by atomic mass is 10.3. The zero-order valence-electron chi connectivity index (χ0n) is 13.6. The van der Waals surface area contributed by atoms with Gasteiger partial charge in [0.25, 0.3) is 0 Å². The van der Waals surface area contributed by atoms with E-state index in [2.05, 4.69) is 41.4 Å². The van der Waals surface area contributed by atoms with Crippen molar-refractivity contribution in [3.8, 4) is 0 Å². The Balaban J connectivity index is 0. The third kappa shape index (κ3) is 14.3. The molecule has 0 amide bonds. The lowest BCUT2D eigenvalue weighted by Gasteiger charge is -2.17. The molecular formula is C14H33IN4O. The Bertz CT molecular complexity index is 227. The maximum absolute atomic E-state index is 5.02. The third-order valence-corrected chi connectivity index (χ3v) is 2.80. The van der Waals surface area contributed by atoms with Crippen molar-refractivity contribution in [1.29, 1.82) is 0 Å². The lowest BCUT2D eigenvalue weighted by Crippen LogP contribution is -2.41. The molecule has 0 aliphatic rings. The number of nitrogens with zero attached hydrogens (tertiary/aromatic N) is 2. The Hall–Kier alpha value is -0.0800. The zero-order valence-corrected chi connectivity index (χ0v) is 15.9. The maximum atomic E-state index is 5.02. The molecule has 0 spiro atoms. The van der Waals surface area contributed by atoms with E-state index in [1.165, 1.54) is 19.4 Å². The predicted octanol–water partition coefficient (Wildman–Crippen LogP) is 1.93. The number of likely N-dealkylation sites (N-methyl/N-ethyl adjacent to an activating group) is 1. The number of nitrogens with one attached hydrogen (secondary N) is 2. The van der Waals surface area contributed by atoms with Crippen LogP contribution in [-0.2, 0) is 4.74 Å². The van der Waals surface area contributed by atoms with Gasteiger partial charge in [0, 0.05) is 39.9 Å². The van der Waals surface area contributed by atoms with E-state index in [0.29, 0.717) is 0 Å². The second-order valence-electron chi connectivity index (χ2n) is 4.69. The zero-order chi connectivity index (χ0) is 14.3.